The number of nitrogens with one attached hydrogen (secondary N) is 2. The van der Waals surface area contributed by atoms with E-state index < -0.39 is 10.2 Å². The maximum Gasteiger partial charge on any atom is 0.270 e. The highest BCUT2D eigenvalue weighted by molar-refractivity contribution is 8.00. The average molecular weight is 597 g/mol. The van der Waals surface area contributed by atoms with Gasteiger partial charge < -0.3 is 15.4 Å². The second kappa shape index (κ2) is 13.1. The van der Waals surface area contributed by atoms with E-state index in [0.717, 1.165) is 10.5 Å². The lowest BCUT2D eigenvalue weighted by Gasteiger charge is -2.16. The van der Waals surface area contributed by atoms with Gasteiger partial charge in [0.05, 0.1) is 17.7 Å². The molecule has 0 radical (unpaired) electrons. The number of ether oxygens (including phenoxy) is 1. The van der Waals surface area contributed by atoms with Gasteiger partial charge in [-0.1, -0.05) is 42.5 Å². The monoisotopic (exact) mass is 596 g/mol. The number of non-ortho nitro benzene ring substituents is 1. The number of thioether (sulfide) groups is 1. The molecule has 1 aromatic heterocycles. The molecule has 0 fully saturated rings. The topological polar surface area (TPSA) is 123 Å². The fourth-order valence-corrected chi connectivity index (χ4v) is 5.76. The van der Waals surface area contributed by atoms with Crippen LogP contribution in [0.15, 0.2) is 113 Å². The number of anilines is 2. The number of thiazole rings is 1. The summed E-state index contributed by atoms with van der Waals surface area (Å²) in [6.07, 6.45) is 0. The van der Waals surface area contributed by atoms with E-state index in [1.165, 1.54) is 35.2 Å². The molecule has 210 valence electrons. The Balaban J connectivity index is 1.28. The predicted molar refractivity (Wildman–Crippen MR) is 165 cm³/mol. The van der Waals surface area contributed by atoms with Gasteiger partial charge in [-0.3, -0.25) is 19.7 Å². The van der Waals surface area contributed by atoms with E-state index >= 15 is 0 Å². The summed E-state index contributed by atoms with van der Waals surface area (Å²) in [4.78, 5) is 42.1. The lowest BCUT2D eigenvalue weighted by molar-refractivity contribution is -0.384. The van der Waals surface area contributed by atoms with Crippen LogP contribution < -0.4 is 15.4 Å². The van der Waals surface area contributed by atoms with E-state index in [9.17, 15) is 19.7 Å². The normalized spacial score (nSPS) is 11.4. The van der Waals surface area contributed by atoms with Crippen molar-refractivity contribution >= 4 is 51.4 Å². The molecule has 2 amide bonds. The van der Waals surface area contributed by atoms with Gasteiger partial charge in [0, 0.05) is 39.2 Å². The van der Waals surface area contributed by atoms with Crippen molar-refractivity contribution < 1.29 is 19.2 Å². The van der Waals surface area contributed by atoms with Gasteiger partial charge in [0.15, 0.2) is 5.13 Å². The van der Waals surface area contributed by atoms with Crippen molar-refractivity contribution in [2.24, 2.45) is 0 Å². The molecular formula is C31H24N4O5S2. The minimum absolute atomic E-state index is 0.0297. The fourth-order valence-electron chi connectivity index (χ4n) is 4.01. The summed E-state index contributed by atoms with van der Waals surface area (Å²) in [5.74, 6) is 0.165. The van der Waals surface area contributed by atoms with Crippen LogP contribution in [0.3, 0.4) is 0 Å². The van der Waals surface area contributed by atoms with Crippen molar-refractivity contribution in [3.8, 4) is 17.0 Å². The Hall–Kier alpha value is -5.00. The second-order valence-corrected chi connectivity index (χ2v) is 11.0. The Bertz CT molecular complexity index is 1710. The molecule has 1 heterocycles. The predicted octanol–water partition coefficient (Wildman–Crippen LogP) is 7.45. The van der Waals surface area contributed by atoms with Crippen LogP contribution in [0.2, 0.25) is 0 Å². The Kier molecular flexibility index (Phi) is 8.90. The summed E-state index contributed by atoms with van der Waals surface area (Å²) in [7, 11) is 1.57. The third-order valence-electron chi connectivity index (χ3n) is 6.15. The number of carbonyl (C=O) groups excluding carboxylic acids is 2. The van der Waals surface area contributed by atoms with Crippen LogP contribution in [0.4, 0.5) is 16.5 Å². The summed E-state index contributed by atoms with van der Waals surface area (Å²) in [5.41, 5.74) is 3.04. The van der Waals surface area contributed by atoms with E-state index in [0.29, 0.717) is 33.4 Å². The number of nitro groups is 1. The molecule has 0 aliphatic rings. The highest BCUT2D eigenvalue weighted by atomic mass is 32.2. The van der Waals surface area contributed by atoms with Crippen LogP contribution in [-0.2, 0) is 4.79 Å². The molecule has 0 aliphatic heterocycles. The maximum absolute atomic E-state index is 13.5. The summed E-state index contributed by atoms with van der Waals surface area (Å²) < 4.78 is 5.14. The quantitative estimate of drug-likeness (QED) is 0.0975. The molecule has 9 nitrogen and oxygen atoms in total. The fraction of sp³-hybridized carbons (Fsp3) is 0.0645. The molecule has 0 spiro atoms. The van der Waals surface area contributed by atoms with Crippen LogP contribution >= 0.6 is 23.1 Å². The average Bonchev–Trinajstić information content (AvgIpc) is 3.49. The molecule has 42 heavy (non-hydrogen) atoms. The Morgan fingerprint density at radius 1 is 0.929 bits per heavy atom. The molecule has 11 heteroatoms. The van der Waals surface area contributed by atoms with E-state index in [2.05, 4.69) is 15.6 Å². The van der Waals surface area contributed by atoms with Crippen molar-refractivity contribution in [3.63, 3.8) is 0 Å². The smallest absolute Gasteiger partial charge is 0.270 e. The number of hydrogen-bond donors (Lipinski definition) is 2. The van der Waals surface area contributed by atoms with Crippen molar-refractivity contribution in [2.75, 3.05) is 17.7 Å². The number of carbonyl (C=O) groups is 2. The maximum atomic E-state index is 13.5. The van der Waals surface area contributed by atoms with Gasteiger partial charge in [-0.15, -0.1) is 23.1 Å². The zero-order valence-corrected chi connectivity index (χ0v) is 23.9. The van der Waals surface area contributed by atoms with Gasteiger partial charge in [0.2, 0.25) is 5.91 Å². The standard InChI is InChI=1S/C31H24N4O5S2/c1-40-25-14-10-21(11-15-25)29(36)32-23-12-16-26(17-13-23)42-28(20-6-3-2-4-7-20)30(37)34-31-33-27(19-41-31)22-8-5-9-24(18-22)35(38)39/h2-19,28H,1H3,(H,32,36)(H,33,34,37). The number of aromatic nitrogens is 1. The first kappa shape index (κ1) is 28.5. The molecule has 1 unspecified atom stereocenters. The number of benzene rings is 4. The first-order valence-corrected chi connectivity index (χ1v) is 14.4. The summed E-state index contributed by atoms with van der Waals surface area (Å²) in [6.45, 7) is 0. The lowest BCUT2D eigenvalue weighted by atomic mass is 10.1. The van der Waals surface area contributed by atoms with E-state index in [1.807, 2.05) is 42.5 Å². The van der Waals surface area contributed by atoms with Crippen LogP contribution in [0.5, 0.6) is 5.75 Å². The summed E-state index contributed by atoms with van der Waals surface area (Å²) in [5, 5.41) is 18.5. The van der Waals surface area contributed by atoms with Gasteiger partial charge in [0.25, 0.3) is 11.6 Å². The summed E-state index contributed by atoms with van der Waals surface area (Å²) in [6, 6.07) is 29.7. The van der Waals surface area contributed by atoms with Gasteiger partial charge in [0.1, 0.15) is 11.0 Å². The highest BCUT2D eigenvalue weighted by Gasteiger charge is 2.23. The molecular weight excluding hydrogens is 572 g/mol. The first-order chi connectivity index (χ1) is 20.4. The van der Waals surface area contributed by atoms with Crippen LogP contribution in [0.25, 0.3) is 11.3 Å². The van der Waals surface area contributed by atoms with Crippen molar-refractivity contribution in [3.05, 3.63) is 130 Å². The zero-order chi connectivity index (χ0) is 29.5. The number of hydrogen-bond acceptors (Lipinski definition) is 8. The minimum atomic E-state index is -0.587. The molecule has 0 bridgehead atoms. The van der Waals surface area contributed by atoms with Gasteiger partial charge in [-0.25, -0.2) is 4.98 Å². The number of rotatable bonds is 10. The molecule has 4 aromatic carbocycles. The molecule has 5 aromatic rings. The Labute approximate surface area is 249 Å². The first-order valence-electron chi connectivity index (χ1n) is 12.7. The van der Waals surface area contributed by atoms with E-state index in [1.54, 1.807) is 61.0 Å². The third kappa shape index (κ3) is 7.00. The summed E-state index contributed by atoms with van der Waals surface area (Å²) >= 11 is 2.61. The molecule has 1 atom stereocenters. The zero-order valence-electron chi connectivity index (χ0n) is 22.2. The van der Waals surface area contributed by atoms with Crippen LogP contribution in [0.1, 0.15) is 21.2 Å². The molecule has 0 aliphatic carbocycles. The largest absolute Gasteiger partial charge is 0.497 e. The number of nitrogens with zero attached hydrogens (tertiary/aromatic N) is 2. The third-order valence-corrected chi connectivity index (χ3v) is 8.17. The van der Waals surface area contributed by atoms with Gasteiger partial charge in [-0.2, -0.15) is 0 Å². The molecule has 0 saturated heterocycles. The van der Waals surface area contributed by atoms with Gasteiger partial charge in [-0.05, 0) is 54.1 Å². The number of amides is 2. The highest BCUT2D eigenvalue weighted by Crippen LogP contribution is 2.37. The van der Waals surface area contributed by atoms with Gasteiger partial charge >= 0.3 is 0 Å². The van der Waals surface area contributed by atoms with E-state index in [4.69, 9.17) is 4.74 Å². The second-order valence-electron chi connectivity index (χ2n) is 8.95. The SMILES string of the molecule is COc1ccc(C(=O)Nc2ccc(SC(C(=O)Nc3nc(-c4cccc([N+](=O)[O-])c4)cs3)c3ccccc3)cc2)cc1. The van der Waals surface area contributed by atoms with Crippen molar-refractivity contribution in [1.82, 2.24) is 4.98 Å². The molecule has 0 saturated carbocycles. The van der Waals surface area contributed by atoms with Crippen LogP contribution in [0, 0.1) is 10.1 Å². The lowest BCUT2D eigenvalue weighted by Crippen LogP contribution is -2.19. The van der Waals surface area contributed by atoms with Crippen molar-refractivity contribution in [2.45, 2.75) is 10.1 Å². The molecule has 5 rings (SSSR count). The Morgan fingerprint density at radius 3 is 2.36 bits per heavy atom. The van der Waals surface area contributed by atoms with E-state index in [-0.39, 0.29) is 17.5 Å². The molecule has 2 N–H and O–H groups in total. The Morgan fingerprint density at radius 2 is 1.67 bits per heavy atom. The van der Waals surface area contributed by atoms with Crippen LogP contribution in [-0.4, -0.2) is 28.8 Å². The number of nitro benzene ring substituents is 1. The minimum Gasteiger partial charge on any atom is -0.497 e. The van der Waals surface area contributed by atoms with Crippen molar-refractivity contribution in [1.29, 1.82) is 0 Å². The number of methoxy groups -OCH3 is 1.